The summed E-state index contributed by atoms with van der Waals surface area (Å²) in [7, 11) is 0. The Labute approximate surface area is 142 Å². The highest BCUT2D eigenvalue weighted by Gasteiger charge is 2.30. The summed E-state index contributed by atoms with van der Waals surface area (Å²) >= 11 is 0. The Kier molecular flexibility index (Phi) is 4.65. The van der Waals surface area contributed by atoms with Gasteiger partial charge in [0.1, 0.15) is 5.75 Å². The second-order valence-electron chi connectivity index (χ2n) is 5.99. The predicted molar refractivity (Wildman–Crippen MR) is 93.5 cm³/mol. The fourth-order valence-electron chi connectivity index (χ4n) is 3.02. The van der Waals surface area contributed by atoms with Crippen molar-refractivity contribution in [1.29, 1.82) is 0 Å². The van der Waals surface area contributed by atoms with Crippen LogP contribution in [0, 0.1) is 0 Å². The second-order valence-corrected chi connectivity index (χ2v) is 5.99. The molecule has 1 unspecified atom stereocenters. The van der Waals surface area contributed by atoms with Crippen molar-refractivity contribution in [3.8, 4) is 5.75 Å². The number of carbonyl (C=O) groups is 2. The summed E-state index contributed by atoms with van der Waals surface area (Å²) in [6.07, 6.45) is 1.30. The van der Waals surface area contributed by atoms with Gasteiger partial charge in [0.2, 0.25) is 0 Å². The molecule has 24 heavy (non-hydrogen) atoms. The monoisotopic (exact) mass is 323 g/mol. The summed E-state index contributed by atoms with van der Waals surface area (Å²) in [6, 6.07) is 15.1. The molecule has 4 heteroatoms. The van der Waals surface area contributed by atoms with Crippen molar-refractivity contribution < 1.29 is 14.3 Å². The number of ketones is 1. The van der Waals surface area contributed by atoms with Gasteiger partial charge in [-0.3, -0.25) is 14.5 Å². The van der Waals surface area contributed by atoms with Crippen molar-refractivity contribution in [3.05, 3.63) is 59.7 Å². The van der Waals surface area contributed by atoms with Crippen LogP contribution in [0.5, 0.6) is 5.75 Å². The van der Waals surface area contributed by atoms with Gasteiger partial charge in [0.05, 0.1) is 11.7 Å². The van der Waals surface area contributed by atoms with Gasteiger partial charge in [0, 0.05) is 12.0 Å². The van der Waals surface area contributed by atoms with Gasteiger partial charge in [-0.05, 0) is 37.1 Å². The molecule has 1 heterocycles. The van der Waals surface area contributed by atoms with Crippen LogP contribution >= 0.6 is 0 Å². The van der Waals surface area contributed by atoms with E-state index in [0.29, 0.717) is 23.4 Å². The quantitative estimate of drug-likeness (QED) is 0.776. The van der Waals surface area contributed by atoms with E-state index >= 15 is 0 Å². The lowest BCUT2D eigenvalue weighted by Crippen LogP contribution is -2.40. The maximum atomic E-state index is 12.5. The molecule has 0 N–H and O–H groups in total. The van der Waals surface area contributed by atoms with E-state index in [0.717, 1.165) is 12.0 Å². The summed E-state index contributed by atoms with van der Waals surface area (Å²) in [6.45, 7) is 3.99. The number of hydrogen-bond donors (Lipinski definition) is 0. The van der Waals surface area contributed by atoms with E-state index in [1.54, 1.807) is 23.1 Å². The molecule has 0 aliphatic carbocycles. The molecular formula is C20H21NO3. The number of benzene rings is 2. The standard InChI is InChI=1S/C20H21NO3/c1-3-7-18(22)16-10-11-19-17(12-16)21(20(23)13-24-19)14(2)15-8-5-4-6-9-15/h4-6,8-12,14H,3,7,13H2,1-2H3. The van der Waals surface area contributed by atoms with Crippen molar-refractivity contribution in [2.45, 2.75) is 32.7 Å². The summed E-state index contributed by atoms with van der Waals surface area (Å²) in [4.78, 5) is 26.4. The molecular weight excluding hydrogens is 302 g/mol. The number of anilines is 1. The molecule has 0 radical (unpaired) electrons. The lowest BCUT2D eigenvalue weighted by Gasteiger charge is -2.34. The molecule has 124 valence electrons. The van der Waals surface area contributed by atoms with E-state index in [-0.39, 0.29) is 24.3 Å². The Morgan fingerprint density at radius 3 is 2.67 bits per heavy atom. The van der Waals surface area contributed by atoms with Crippen LogP contribution in [0.2, 0.25) is 0 Å². The van der Waals surface area contributed by atoms with Crippen LogP contribution in [-0.4, -0.2) is 18.3 Å². The normalized spacial score (nSPS) is 14.8. The van der Waals surface area contributed by atoms with Crippen molar-refractivity contribution in [1.82, 2.24) is 0 Å². The number of nitrogens with zero attached hydrogens (tertiary/aromatic N) is 1. The molecule has 1 aliphatic heterocycles. The molecule has 1 atom stereocenters. The molecule has 0 fully saturated rings. The van der Waals surface area contributed by atoms with E-state index in [1.165, 1.54) is 0 Å². The first-order chi connectivity index (χ1) is 11.6. The van der Waals surface area contributed by atoms with Gasteiger partial charge in [-0.25, -0.2) is 0 Å². The number of amides is 1. The molecule has 0 aromatic heterocycles. The van der Waals surface area contributed by atoms with Gasteiger partial charge < -0.3 is 4.74 Å². The second kappa shape index (κ2) is 6.87. The minimum absolute atomic E-state index is 0.0203. The number of ether oxygens (including phenoxy) is 1. The van der Waals surface area contributed by atoms with Gasteiger partial charge in [-0.2, -0.15) is 0 Å². The Hall–Kier alpha value is -2.62. The average molecular weight is 323 g/mol. The maximum absolute atomic E-state index is 12.5. The van der Waals surface area contributed by atoms with E-state index in [2.05, 4.69) is 0 Å². The van der Waals surface area contributed by atoms with E-state index < -0.39 is 0 Å². The molecule has 0 spiro atoms. The van der Waals surface area contributed by atoms with Gasteiger partial charge >= 0.3 is 0 Å². The van der Waals surface area contributed by atoms with Crippen molar-refractivity contribution in [2.75, 3.05) is 11.5 Å². The van der Waals surface area contributed by atoms with E-state index in [4.69, 9.17) is 4.74 Å². The number of rotatable bonds is 5. The van der Waals surface area contributed by atoms with Crippen LogP contribution in [0.1, 0.15) is 48.7 Å². The SMILES string of the molecule is CCCC(=O)c1ccc2c(c1)N(C(C)c1ccccc1)C(=O)CO2. The fraction of sp³-hybridized carbons (Fsp3) is 0.300. The number of Topliss-reactive ketones (excluding diaryl/α,β-unsaturated/α-hetero) is 1. The third-order valence-corrected chi connectivity index (χ3v) is 4.31. The number of hydrogen-bond acceptors (Lipinski definition) is 3. The molecule has 1 aliphatic rings. The highest BCUT2D eigenvalue weighted by Crippen LogP contribution is 2.38. The van der Waals surface area contributed by atoms with Crippen molar-refractivity contribution in [3.63, 3.8) is 0 Å². The molecule has 3 rings (SSSR count). The minimum atomic E-state index is -0.127. The molecule has 0 saturated heterocycles. The fourth-order valence-corrected chi connectivity index (χ4v) is 3.02. The molecule has 2 aromatic carbocycles. The van der Waals surface area contributed by atoms with Gasteiger partial charge in [0.25, 0.3) is 5.91 Å². The zero-order chi connectivity index (χ0) is 17.1. The first-order valence-corrected chi connectivity index (χ1v) is 8.29. The molecule has 4 nitrogen and oxygen atoms in total. The Balaban J connectivity index is 2.01. The van der Waals surface area contributed by atoms with Gasteiger partial charge in [-0.1, -0.05) is 37.3 Å². The molecule has 0 bridgehead atoms. The maximum Gasteiger partial charge on any atom is 0.265 e. The topological polar surface area (TPSA) is 46.6 Å². The first-order valence-electron chi connectivity index (χ1n) is 8.29. The minimum Gasteiger partial charge on any atom is -0.482 e. The molecule has 1 amide bonds. The van der Waals surface area contributed by atoms with Crippen molar-refractivity contribution in [2.24, 2.45) is 0 Å². The highest BCUT2D eigenvalue weighted by atomic mass is 16.5. The number of fused-ring (bicyclic) bond motifs is 1. The lowest BCUT2D eigenvalue weighted by molar-refractivity contribution is -0.121. The van der Waals surface area contributed by atoms with Crippen LogP contribution in [0.25, 0.3) is 0 Å². The Bertz CT molecular complexity index is 755. The largest absolute Gasteiger partial charge is 0.482 e. The third-order valence-electron chi connectivity index (χ3n) is 4.31. The van der Waals surface area contributed by atoms with Crippen LogP contribution in [-0.2, 0) is 4.79 Å². The van der Waals surface area contributed by atoms with Crippen LogP contribution in [0.4, 0.5) is 5.69 Å². The first kappa shape index (κ1) is 16.2. The Morgan fingerprint density at radius 1 is 1.21 bits per heavy atom. The van der Waals surface area contributed by atoms with Gasteiger partial charge in [0.15, 0.2) is 12.4 Å². The molecule has 0 saturated carbocycles. The lowest BCUT2D eigenvalue weighted by atomic mass is 10.0. The van der Waals surface area contributed by atoms with Crippen molar-refractivity contribution >= 4 is 17.4 Å². The third kappa shape index (κ3) is 3.04. The summed E-state index contributed by atoms with van der Waals surface area (Å²) in [5, 5.41) is 0. The van der Waals surface area contributed by atoms with Crippen LogP contribution < -0.4 is 9.64 Å². The van der Waals surface area contributed by atoms with Crippen LogP contribution in [0.15, 0.2) is 48.5 Å². The van der Waals surface area contributed by atoms with E-state index in [1.807, 2.05) is 44.2 Å². The smallest absolute Gasteiger partial charge is 0.265 e. The van der Waals surface area contributed by atoms with Gasteiger partial charge in [-0.15, -0.1) is 0 Å². The summed E-state index contributed by atoms with van der Waals surface area (Å²) in [5.74, 6) is 0.634. The predicted octanol–water partition coefficient (Wildman–Crippen LogP) is 4.16. The number of carbonyl (C=O) groups excluding carboxylic acids is 2. The van der Waals surface area contributed by atoms with Crippen LogP contribution in [0.3, 0.4) is 0 Å². The zero-order valence-corrected chi connectivity index (χ0v) is 14.0. The summed E-state index contributed by atoms with van der Waals surface area (Å²) in [5.41, 5.74) is 2.34. The Morgan fingerprint density at radius 2 is 1.96 bits per heavy atom. The average Bonchev–Trinajstić information content (AvgIpc) is 2.61. The zero-order valence-electron chi connectivity index (χ0n) is 14.0. The van der Waals surface area contributed by atoms with E-state index in [9.17, 15) is 9.59 Å². The molecule has 2 aromatic rings. The summed E-state index contributed by atoms with van der Waals surface area (Å²) < 4.78 is 5.54. The highest BCUT2D eigenvalue weighted by molar-refractivity contribution is 6.02.